The molecule has 6 heteroatoms. The number of ether oxygens (including phenoxy) is 2. The summed E-state index contributed by atoms with van der Waals surface area (Å²) >= 11 is 0. The first-order valence-corrected chi connectivity index (χ1v) is 8.50. The van der Waals surface area contributed by atoms with Gasteiger partial charge in [0.25, 0.3) is 6.47 Å². The Kier molecular flexibility index (Phi) is 4.13. The monoisotopic (exact) mass is 340 g/mol. The molecule has 3 fully saturated rings. The highest BCUT2D eigenvalue weighted by Gasteiger charge is 2.44. The van der Waals surface area contributed by atoms with Gasteiger partial charge in [-0.1, -0.05) is 0 Å². The summed E-state index contributed by atoms with van der Waals surface area (Å²) in [5.74, 6) is 1.11. The van der Waals surface area contributed by atoms with Crippen molar-refractivity contribution in [1.82, 2.24) is 9.88 Å². The van der Waals surface area contributed by atoms with Crippen LogP contribution in [0.3, 0.4) is 0 Å². The number of hydrogen-bond donors (Lipinski definition) is 0. The lowest BCUT2D eigenvalue weighted by Crippen LogP contribution is -2.56. The number of rotatable bonds is 5. The average molecular weight is 340 g/mol. The van der Waals surface area contributed by atoms with Crippen LogP contribution in [0.4, 0.5) is 0 Å². The maximum absolute atomic E-state index is 12.0. The van der Waals surface area contributed by atoms with Gasteiger partial charge in [0.2, 0.25) is 0 Å². The molecule has 1 aromatic carbocycles. The fourth-order valence-corrected chi connectivity index (χ4v) is 4.13. The number of ketones is 1. The summed E-state index contributed by atoms with van der Waals surface area (Å²) in [6.07, 6.45) is 2.93. The van der Waals surface area contributed by atoms with Gasteiger partial charge in [0.05, 0.1) is 25.2 Å². The second-order valence-corrected chi connectivity index (χ2v) is 6.66. The number of fused-ring (bicyclic) bond motifs is 4. The van der Waals surface area contributed by atoms with Crippen molar-refractivity contribution in [1.29, 1.82) is 0 Å². The third kappa shape index (κ3) is 2.76. The summed E-state index contributed by atoms with van der Waals surface area (Å²) in [5.41, 5.74) is 1.73. The van der Waals surface area contributed by atoms with Crippen LogP contribution in [0, 0.1) is 5.92 Å². The summed E-state index contributed by atoms with van der Waals surface area (Å²) in [4.78, 5) is 29.8. The molecule has 2 aromatic rings. The molecule has 130 valence electrons. The van der Waals surface area contributed by atoms with Gasteiger partial charge >= 0.3 is 0 Å². The van der Waals surface area contributed by atoms with Gasteiger partial charge in [-0.25, -0.2) is 0 Å². The summed E-state index contributed by atoms with van der Waals surface area (Å²) in [6.45, 7) is 1.81. The molecule has 4 heterocycles. The molecule has 0 radical (unpaired) electrons. The normalized spacial score (nSPS) is 26.4. The largest absolute Gasteiger partial charge is 0.497 e. The van der Waals surface area contributed by atoms with E-state index in [1.165, 1.54) is 0 Å². The molecule has 4 atom stereocenters. The Morgan fingerprint density at radius 3 is 2.92 bits per heavy atom. The topological polar surface area (TPSA) is 68.7 Å². The van der Waals surface area contributed by atoms with Crippen LogP contribution >= 0.6 is 0 Å². The van der Waals surface area contributed by atoms with Gasteiger partial charge in [-0.05, 0) is 43.7 Å². The quantitative estimate of drug-likeness (QED) is 0.777. The summed E-state index contributed by atoms with van der Waals surface area (Å²) in [6, 6.07) is 7.58. The smallest absolute Gasteiger partial charge is 0.293 e. The van der Waals surface area contributed by atoms with E-state index in [9.17, 15) is 9.59 Å². The zero-order valence-corrected chi connectivity index (χ0v) is 14.1. The molecule has 3 aliphatic rings. The molecule has 0 aliphatic carbocycles. The second-order valence-electron chi connectivity index (χ2n) is 6.66. The molecule has 0 N–H and O–H groups in total. The first-order chi connectivity index (χ1) is 12.2. The van der Waals surface area contributed by atoms with Crippen LogP contribution in [0.15, 0.2) is 30.5 Å². The molecule has 3 saturated heterocycles. The van der Waals surface area contributed by atoms with E-state index in [2.05, 4.69) is 9.88 Å². The molecule has 1 aromatic heterocycles. The molecule has 1 unspecified atom stereocenters. The average Bonchev–Trinajstić information content (AvgIpc) is 2.66. The molecular formula is C19H20N2O4. The maximum Gasteiger partial charge on any atom is 0.293 e. The van der Waals surface area contributed by atoms with Crippen LogP contribution in [0.1, 0.15) is 24.5 Å². The zero-order chi connectivity index (χ0) is 17.4. The number of nitrogens with zero attached hydrogens (tertiary/aromatic N) is 2. The highest BCUT2D eigenvalue weighted by atomic mass is 16.5. The van der Waals surface area contributed by atoms with Crippen LogP contribution in [-0.2, 0) is 14.3 Å². The number of aromatic nitrogens is 1. The fraction of sp³-hybridized carbons (Fsp3) is 0.421. The van der Waals surface area contributed by atoms with Crippen molar-refractivity contribution >= 4 is 23.2 Å². The Balaban J connectivity index is 1.78. The number of carbonyl (C=O) groups is 2. The van der Waals surface area contributed by atoms with E-state index < -0.39 is 6.10 Å². The number of hydrogen-bond acceptors (Lipinski definition) is 6. The Hall–Kier alpha value is -2.47. The molecule has 0 saturated carbocycles. The highest BCUT2D eigenvalue weighted by molar-refractivity contribution is 5.86. The Labute approximate surface area is 145 Å². The lowest BCUT2D eigenvalue weighted by atomic mass is 9.79. The fourth-order valence-electron chi connectivity index (χ4n) is 4.13. The van der Waals surface area contributed by atoms with Gasteiger partial charge in [-0.3, -0.25) is 19.5 Å². The first-order valence-electron chi connectivity index (χ1n) is 8.50. The van der Waals surface area contributed by atoms with E-state index in [1.807, 2.05) is 24.3 Å². The molecule has 25 heavy (non-hydrogen) atoms. The highest BCUT2D eigenvalue weighted by Crippen LogP contribution is 2.39. The molecule has 6 nitrogen and oxygen atoms in total. The predicted octanol–water partition coefficient (Wildman–Crippen LogP) is 2.12. The molecule has 5 rings (SSSR count). The Morgan fingerprint density at radius 2 is 2.24 bits per heavy atom. The second kappa shape index (κ2) is 6.44. The van der Waals surface area contributed by atoms with Crippen molar-refractivity contribution < 1.29 is 19.1 Å². The van der Waals surface area contributed by atoms with E-state index >= 15 is 0 Å². The van der Waals surface area contributed by atoms with Crippen molar-refractivity contribution in [2.24, 2.45) is 5.92 Å². The van der Waals surface area contributed by atoms with E-state index in [4.69, 9.17) is 9.47 Å². The lowest BCUT2D eigenvalue weighted by molar-refractivity contribution is -0.146. The van der Waals surface area contributed by atoms with Gasteiger partial charge in [0.15, 0.2) is 0 Å². The van der Waals surface area contributed by atoms with Crippen LogP contribution in [0.5, 0.6) is 5.75 Å². The van der Waals surface area contributed by atoms with Crippen molar-refractivity contribution in [3.8, 4) is 5.75 Å². The number of benzene rings is 1. The van der Waals surface area contributed by atoms with E-state index in [1.54, 1.807) is 13.3 Å². The Morgan fingerprint density at radius 1 is 1.36 bits per heavy atom. The molecule has 2 bridgehead atoms. The molecule has 3 aliphatic heterocycles. The predicted molar refractivity (Wildman–Crippen MR) is 91.3 cm³/mol. The molecule has 0 amide bonds. The maximum atomic E-state index is 12.0. The van der Waals surface area contributed by atoms with Gasteiger partial charge in [-0.15, -0.1) is 0 Å². The summed E-state index contributed by atoms with van der Waals surface area (Å²) in [5, 5.41) is 0.905. The minimum Gasteiger partial charge on any atom is -0.497 e. The third-order valence-corrected chi connectivity index (χ3v) is 5.41. The van der Waals surface area contributed by atoms with Crippen molar-refractivity contribution in [2.45, 2.75) is 25.0 Å². The van der Waals surface area contributed by atoms with Crippen molar-refractivity contribution in [2.75, 3.05) is 20.2 Å². The van der Waals surface area contributed by atoms with Gasteiger partial charge in [-0.2, -0.15) is 0 Å². The number of pyridine rings is 1. The number of Topliss-reactive ketones (excluding diaryl/α,β-unsaturated/α-hetero) is 1. The zero-order valence-electron chi connectivity index (χ0n) is 14.1. The van der Waals surface area contributed by atoms with Crippen LogP contribution in [0.2, 0.25) is 0 Å². The summed E-state index contributed by atoms with van der Waals surface area (Å²) in [7, 11) is 1.62. The van der Waals surface area contributed by atoms with E-state index in [0.717, 1.165) is 41.6 Å². The molecule has 0 spiro atoms. The van der Waals surface area contributed by atoms with Crippen molar-refractivity contribution in [3.05, 3.63) is 36.0 Å². The van der Waals surface area contributed by atoms with Gasteiger partial charge in [0.1, 0.15) is 17.6 Å². The van der Waals surface area contributed by atoms with Gasteiger partial charge < -0.3 is 9.47 Å². The summed E-state index contributed by atoms with van der Waals surface area (Å²) < 4.78 is 10.9. The van der Waals surface area contributed by atoms with E-state index in [-0.39, 0.29) is 12.0 Å². The first kappa shape index (κ1) is 16.0. The minimum absolute atomic E-state index is 0.0125. The standard InChI is InChI=1S/C19H20N2O4/c1-24-13-2-3-16-15(9-13)14(4-6-20-16)19(25-11-22)17-8-12-5-7-21(17)10-18(12)23/h2-4,6,9,11-12,17,19H,5,7-8,10H2,1H3/t12-,17+,19-/m0/s1. The number of methoxy groups -OCH3 is 1. The van der Waals surface area contributed by atoms with Crippen LogP contribution < -0.4 is 4.74 Å². The Bertz CT molecular complexity index is 822. The van der Waals surface area contributed by atoms with Crippen molar-refractivity contribution in [3.63, 3.8) is 0 Å². The number of piperidine rings is 3. The lowest BCUT2D eigenvalue weighted by Gasteiger charge is -2.46. The SMILES string of the molecule is COc1ccc2nccc([C@H](OC=O)[C@H]3C[C@@H]4CCN3CC4=O)c2c1. The van der Waals surface area contributed by atoms with Gasteiger partial charge in [0, 0.05) is 23.1 Å². The minimum atomic E-state index is -0.425. The third-order valence-electron chi connectivity index (χ3n) is 5.41. The number of carbonyl (C=O) groups excluding carboxylic acids is 2. The van der Waals surface area contributed by atoms with E-state index in [0.29, 0.717) is 18.8 Å². The molecular weight excluding hydrogens is 320 g/mol. The van der Waals surface area contributed by atoms with Crippen LogP contribution in [0.25, 0.3) is 10.9 Å². The van der Waals surface area contributed by atoms with Crippen LogP contribution in [-0.4, -0.2) is 48.4 Å².